The van der Waals surface area contributed by atoms with Crippen LogP contribution in [0.5, 0.6) is 0 Å². The first-order chi connectivity index (χ1) is 8.13. The van der Waals surface area contributed by atoms with Crippen LogP contribution in [-0.4, -0.2) is 5.78 Å². The molecule has 0 bridgehead atoms. The lowest BCUT2D eigenvalue weighted by atomic mass is 9.84. The molecular formula is C16H26O. The van der Waals surface area contributed by atoms with Gasteiger partial charge in [0.25, 0.3) is 0 Å². The number of hydrogen-bond acceptors (Lipinski definition) is 1. The Morgan fingerprint density at radius 3 is 2.76 bits per heavy atom. The Morgan fingerprint density at radius 2 is 2.24 bits per heavy atom. The second kappa shape index (κ2) is 7.47. The summed E-state index contributed by atoms with van der Waals surface area (Å²) in [5.74, 6) is 0.800. The molecule has 1 aliphatic carbocycles. The normalized spacial score (nSPS) is 19.7. The molecule has 0 aromatic carbocycles. The van der Waals surface area contributed by atoms with Crippen molar-refractivity contribution in [3.63, 3.8) is 0 Å². The maximum Gasteiger partial charge on any atom is 0.136 e. The average Bonchev–Trinajstić information content (AvgIpc) is 2.30. The highest BCUT2D eigenvalue weighted by Gasteiger charge is 2.20. The van der Waals surface area contributed by atoms with Crippen LogP contribution in [-0.2, 0) is 4.79 Å². The highest BCUT2D eigenvalue weighted by atomic mass is 16.1. The summed E-state index contributed by atoms with van der Waals surface area (Å²) < 4.78 is 0. The molecule has 17 heavy (non-hydrogen) atoms. The van der Waals surface area contributed by atoms with Gasteiger partial charge in [-0.2, -0.15) is 0 Å². The molecule has 0 heterocycles. The SMILES string of the molecule is CCCC(=O)C1CC=C(CCC=C(C)C)CC1. The van der Waals surface area contributed by atoms with Crippen LogP contribution >= 0.6 is 0 Å². The van der Waals surface area contributed by atoms with E-state index in [9.17, 15) is 4.79 Å². The molecule has 1 aliphatic rings. The fourth-order valence-electron chi connectivity index (χ4n) is 2.40. The molecule has 0 radical (unpaired) electrons. The van der Waals surface area contributed by atoms with Crippen LogP contribution in [0.25, 0.3) is 0 Å². The van der Waals surface area contributed by atoms with Gasteiger partial charge in [0.05, 0.1) is 0 Å². The number of ketones is 1. The first-order valence-electron chi connectivity index (χ1n) is 6.97. The zero-order valence-corrected chi connectivity index (χ0v) is 11.6. The zero-order chi connectivity index (χ0) is 12.7. The van der Waals surface area contributed by atoms with Gasteiger partial charge in [-0.25, -0.2) is 0 Å². The lowest BCUT2D eigenvalue weighted by molar-refractivity contribution is -0.123. The first-order valence-corrected chi connectivity index (χ1v) is 6.97. The summed E-state index contributed by atoms with van der Waals surface area (Å²) in [5.41, 5.74) is 2.96. The Labute approximate surface area is 106 Å². The number of allylic oxidation sites excluding steroid dienone is 4. The molecule has 0 amide bonds. The van der Waals surface area contributed by atoms with Gasteiger partial charge >= 0.3 is 0 Å². The smallest absolute Gasteiger partial charge is 0.136 e. The molecule has 0 saturated heterocycles. The second-order valence-electron chi connectivity index (χ2n) is 5.37. The highest BCUT2D eigenvalue weighted by molar-refractivity contribution is 5.81. The van der Waals surface area contributed by atoms with Gasteiger partial charge in [-0.15, -0.1) is 0 Å². The van der Waals surface area contributed by atoms with Crippen molar-refractivity contribution in [3.05, 3.63) is 23.3 Å². The van der Waals surface area contributed by atoms with Crippen molar-refractivity contribution in [1.29, 1.82) is 0 Å². The topological polar surface area (TPSA) is 17.1 Å². The van der Waals surface area contributed by atoms with E-state index in [0.717, 1.165) is 38.5 Å². The van der Waals surface area contributed by atoms with Gasteiger partial charge in [0, 0.05) is 12.3 Å². The molecule has 0 spiro atoms. The zero-order valence-electron chi connectivity index (χ0n) is 11.6. The van der Waals surface area contributed by atoms with Crippen LogP contribution in [0.15, 0.2) is 23.3 Å². The third-order valence-corrected chi connectivity index (χ3v) is 3.47. The van der Waals surface area contributed by atoms with Crippen LogP contribution in [0.2, 0.25) is 0 Å². The maximum atomic E-state index is 11.8. The van der Waals surface area contributed by atoms with Crippen molar-refractivity contribution < 1.29 is 4.79 Å². The molecule has 0 N–H and O–H groups in total. The van der Waals surface area contributed by atoms with Crippen molar-refractivity contribution >= 4 is 5.78 Å². The van der Waals surface area contributed by atoms with Gasteiger partial charge in [-0.05, 0) is 52.4 Å². The summed E-state index contributed by atoms with van der Waals surface area (Å²) in [4.78, 5) is 11.8. The van der Waals surface area contributed by atoms with E-state index in [1.807, 2.05) is 0 Å². The van der Waals surface area contributed by atoms with Crippen LogP contribution in [0.3, 0.4) is 0 Å². The van der Waals surface area contributed by atoms with Crippen LogP contribution in [0.4, 0.5) is 0 Å². The quantitative estimate of drug-likeness (QED) is 0.602. The monoisotopic (exact) mass is 234 g/mol. The maximum absolute atomic E-state index is 11.8. The van der Waals surface area contributed by atoms with Crippen LogP contribution in [0.1, 0.15) is 65.7 Å². The lowest BCUT2D eigenvalue weighted by Crippen LogP contribution is -2.16. The highest BCUT2D eigenvalue weighted by Crippen LogP contribution is 2.28. The third kappa shape index (κ3) is 5.34. The Morgan fingerprint density at radius 1 is 1.47 bits per heavy atom. The van der Waals surface area contributed by atoms with Crippen molar-refractivity contribution in [3.8, 4) is 0 Å². The minimum absolute atomic E-state index is 0.321. The van der Waals surface area contributed by atoms with E-state index in [0.29, 0.717) is 11.7 Å². The minimum Gasteiger partial charge on any atom is -0.299 e. The lowest BCUT2D eigenvalue weighted by Gasteiger charge is -2.20. The number of Topliss-reactive ketones (excluding diaryl/α,β-unsaturated/α-hetero) is 1. The molecule has 1 unspecified atom stereocenters. The molecule has 0 saturated carbocycles. The van der Waals surface area contributed by atoms with Crippen LogP contribution in [0, 0.1) is 5.92 Å². The summed E-state index contributed by atoms with van der Waals surface area (Å²) in [6.07, 6.45) is 11.9. The summed E-state index contributed by atoms with van der Waals surface area (Å²) >= 11 is 0. The van der Waals surface area contributed by atoms with Gasteiger partial charge in [0.1, 0.15) is 5.78 Å². The molecule has 0 aliphatic heterocycles. The molecule has 96 valence electrons. The Bertz CT molecular complexity index is 305. The predicted octanol–water partition coefficient (Wildman–Crippen LogP) is 4.83. The van der Waals surface area contributed by atoms with Crippen molar-refractivity contribution in [2.45, 2.75) is 65.7 Å². The first kappa shape index (κ1) is 14.2. The van der Waals surface area contributed by atoms with E-state index in [1.54, 1.807) is 5.57 Å². The van der Waals surface area contributed by atoms with Crippen LogP contribution < -0.4 is 0 Å². The van der Waals surface area contributed by atoms with Gasteiger partial charge in [0.15, 0.2) is 0 Å². The van der Waals surface area contributed by atoms with Gasteiger partial charge in [0.2, 0.25) is 0 Å². The fourth-order valence-corrected chi connectivity index (χ4v) is 2.40. The Kier molecular flexibility index (Phi) is 6.25. The van der Waals surface area contributed by atoms with Crippen molar-refractivity contribution in [2.24, 2.45) is 5.92 Å². The second-order valence-corrected chi connectivity index (χ2v) is 5.37. The molecule has 1 atom stereocenters. The average molecular weight is 234 g/mol. The molecule has 0 aromatic rings. The predicted molar refractivity (Wildman–Crippen MR) is 74.0 cm³/mol. The molecule has 0 fully saturated rings. The number of carbonyl (C=O) groups excluding carboxylic acids is 1. The number of rotatable bonds is 6. The summed E-state index contributed by atoms with van der Waals surface area (Å²) in [6.45, 7) is 6.38. The largest absolute Gasteiger partial charge is 0.299 e. The molecular weight excluding hydrogens is 208 g/mol. The van der Waals surface area contributed by atoms with Gasteiger partial charge in [-0.1, -0.05) is 30.2 Å². The van der Waals surface area contributed by atoms with E-state index < -0.39 is 0 Å². The van der Waals surface area contributed by atoms with Crippen molar-refractivity contribution in [2.75, 3.05) is 0 Å². The summed E-state index contributed by atoms with van der Waals surface area (Å²) in [6, 6.07) is 0. The Hall–Kier alpha value is -0.850. The van der Waals surface area contributed by atoms with E-state index in [1.165, 1.54) is 12.0 Å². The molecule has 1 nitrogen and oxygen atoms in total. The number of hydrogen-bond donors (Lipinski definition) is 0. The number of carbonyl (C=O) groups is 1. The molecule has 1 heteroatoms. The van der Waals surface area contributed by atoms with Gasteiger partial charge in [-0.3, -0.25) is 4.79 Å². The van der Waals surface area contributed by atoms with E-state index in [4.69, 9.17) is 0 Å². The van der Waals surface area contributed by atoms with E-state index in [-0.39, 0.29) is 0 Å². The minimum atomic E-state index is 0.321. The van der Waals surface area contributed by atoms with Gasteiger partial charge < -0.3 is 0 Å². The summed E-state index contributed by atoms with van der Waals surface area (Å²) in [7, 11) is 0. The van der Waals surface area contributed by atoms with E-state index >= 15 is 0 Å². The molecule has 0 aromatic heterocycles. The standard InChI is InChI=1S/C16H26O/c1-4-6-16(17)15-11-9-14(10-12-15)8-5-7-13(2)3/h7,9,15H,4-6,8,10-12H2,1-3H3. The third-order valence-electron chi connectivity index (χ3n) is 3.47. The Balaban J connectivity index is 2.34. The van der Waals surface area contributed by atoms with Crippen molar-refractivity contribution in [1.82, 2.24) is 0 Å². The fraction of sp³-hybridized carbons (Fsp3) is 0.688. The molecule has 1 rings (SSSR count). The summed E-state index contributed by atoms with van der Waals surface area (Å²) in [5, 5.41) is 0. The van der Waals surface area contributed by atoms with E-state index in [2.05, 4.69) is 32.9 Å².